The van der Waals surface area contributed by atoms with E-state index in [9.17, 15) is 5.11 Å². The molecule has 1 aromatic heterocycles. The van der Waals surface area contributed by atoms with E-state index in [1.54, 1.807) is 18.0 Å². The van der Waals surface area contributed by atoms with Crippen molar-refractivity contribution in [2.45, 2.75) is 25.5 Å². The molecule has 0 amide bonds. The van der Waals surface area contributed by atoms with Gasteiger partial charge in [0.15, 0.2) is 0 Å². The fourth-order valence-electron chi connectivity index (χ4n) is 1.35. The van der Waals surface area contributed by atoms with Gasteiger partial charge in [-0.25, -0.2) is 0 Å². The number of thioether (sulfide) groups is 1. The molecule has 1 rings (SSSR count). The van der Waals surface area contributed by atoms with Crippen LogP contribution in [-0.2, 0) is 0 Å². The van der Waals surface area contributed by atoms with Gasteiger partial charge in [-0.3, -0.25) is 5.10 Å². The summed E-state index contributed by atoms with van der Waals surface area (Å²) in [4.78, 5) is 0. The zero-order valence-corrected chi connectivity index (χ0v) is 10.3. The van der Waals surface area contributed by atoms with E-state index < -0.39 is 5.60 Å². The molecule has 0 bridgehead atoms. The van der Waals surface area contributed by atoms with E-state index in [1.165, 1.54) is 0 Å². The molecule has 1 aromatic rings. The van der Waals surface area contributed by atoms with E-state index in [0.29, 0.717) is 6.54 Å². The van der Waals surface area contributed by atoms with Gasteiger partial charge in [-0.15, -0.1) is 0 Å². The number of nitrogens with one attached hydrogen (secondary N) is 2. The molecule has 0 aromatic carbocycles. The van der Waals surface area contributed by atoms with Crippen LogP contribution in [-0.4, -0.2) is 39.5 Å². The lowest BCUT2D eigenvalue weighted by atomic mass is 10.1. The molecule has 0 radical (unpaired) electrons. The van der Waals surface area contributed by atoms with Gasteiger partial charge >= 0.3 is 0 Å². The smallest absolute Gasteiger partial charge is 0.0833 e. The molecule has 3 N–H and O–H groups in total. The fraction of sp³-hybridized carbons (Fsp3) is 0.700. The summed E-state index contributed by atoms with van der Waals surface area (Å²) in [5.74, 6) is 0.732. The van der Waals surface area contributed by atoms with Crippen LogP contribution in [0.25, 0.3) is 0 Å². The zero-order valence-electron chi connectivity index (χ0n) is 9.45. The molecule has 0 aliphatic carbocycles. The Morgan fingerprint density at radius 3 is 3.00 bits per heavy atom. The molecule has 2 unspecified atom stereocenters. The minimum Gasteiger partial charge on any atom is -0.388 e. The predicted molar refractivity (Wildman–Crippen MR) is 64.0 cm³/mol. The largest absolute Gasteiger partial charge is 0.388 e. The van der Waals surface area contributed by atoms with E-state index in [4.69, 9.17) is 0 Å². The van der Waals surface area contributed by atoms with Crippen LogP contribution in [0.2, 0.25) is 0 Å². The van der Waals surface area contributed by atoms with E-state index in [2.05, 4.69) is 15.5 Å². The average Bonchev–Trinajstić information content (AvgIpc) is 2.67. The molecule has 0 saturated carbocycles. The number of aromatic amines is 1. The molecule has 0 fully saturated rings. The number of hydrogen-bond acceptors (Lipinski definition) is 4. The summed E-state index contributed by atoms with van der Waals surface area (Å²) < 4.78 is 0. The van der Waals surface area contributed by atoms with Gasteiger partial charge in [-0.2, -0.15) is 16.9 Å². The van der Waals surface area contributed by atoms with Crippen molar-refractivity contribution in [1.82, 2.24) is 15.5 Å². The Bertz CT molecular complexity index is 274. The minimum atomic E-state index is -0.659. The summed E-state index contributed by atoms with van der Waals surface area (Å²) in [5, 5.41) is 20.0. The van der Waals surface area contributed by atoms with Crippen LogP contribution in [0.3, 0.4) is 0 Å². The third-order valence-electron chi connectivity index (χ3n) is 2.23. The maximum absolute atomic E-state index is 9.95. The number of nitrogens with zero attached hydrogens (tertiary/aromatic N) is 1. The van der Waals surface area contributed by atoms with E-state index in [1.807, 2.05) is 26.2 Å². The van der Waals surface area contributed by atoms with Gasteiger partial charge in [-0.1, -0.05) is 0 Å². The van der Waals surface area contributed by atoms with Gasteiger partial charge in [0, 0.05) is 24.5 Å². The quantitative estimate of drug-likeness (QED) is 0.685. The van der Waals surface area contributed by atoms with Crippen LogP contribution in [0, 0.1) is 0 Å². The highest BCUT2D eigenvalue weighted by Crippen LogP contribution is 2.12. The molecule has 15 heavy (non-hydrogen) atoms. The average molecular weight is 229 g/mol. The Labute approximate surface area is 94.9 Å². The van der Waals surface area contributed by atoms with Crippen molar-refractivity contribution in [2.75, 3.05) is 18.6 Å². The monoisotopic (exact) mass is 229 g/mol. The Balaban J connectivity index is 2.37. The molecule has 4 nitrogen and oxygen atoms in total. The lowest BCUT2D eigenvalue weighted by Crippen LogP contribution is -2.40. The normalized spacial score (nSPS) is 17.3. The molecule has 0 saturated heterocycles. The second-order valence-electron chi connectivity index (χ2n) is 4.04. The van der Waals surface area contributed by atoms with Crippen molar-refractivity contribution in [3.05, 3.63) is 18.0 Å². The predicted octanol–water partition coefficient (Wildman–Crippen LogP) is 1.17. The third kappa shape index (κ3) is 4.24. The summed E-state index contributed by atoms with van der Waals surface area (Å²) >= 11 is 1.65. The van der Waals surface area contributed by atoms with Crippen LogP contribution in [0.15, 0.2) is 12.3 Å². The fourth-order valence-corrected chi connectivity index (χ4v) is 2.08. The van der Waals surface area contributed by atoms with Gasteiger partial charge < -0.3 is 10.4 Å². The van der Waals surface area contributed by atoms with Crippen molar-refractivity contribution < 1.29 is 5.11 Å². The van der Waals surface area contributed by atoms with E-state index in [-0.39, 0.29) is 6.04 Å². The molecule has 2 atom stereocenters. The Morgan fingerprint density at radius 1 is 1.73 bits per heavy atom. The summed E-state index contributed by atoms with van der Waals surface area (Å²) in [6, 6.07) is 2.11. The SMILES string of the molecule is CSCC(C)(O)CNC(C)c1ccn[nH]1. The highest BCUT2D eigenvalue weighted by molar-refractivity contribution is 7.98. The molecular formula is C10H19N3OS. The number of hydrogen-bond donors (Lipinski definition) is 3. The van der Waals surface area contributed by atoms with Crippen molar-refractivity contribution in [1.29, 1.82) is 0 Å². The molecule has 86 valence electrons. The number of H-pyrrole nitrogens is 1. The third-order valence-corrected chi connectivity index (χ3v) is 3.14. The first-order valence-corrected chi connectivity index (χ1v) is 6.38. The standard InChI is InChI=1S/C10H19N3OS/c1-8(9-4-5-12-13-9)11-6-10(2,14)7-15-3/h4-5,8,11,14H,6-7H2,1-3H3,(H,12,13). The van der Waals surface area contributed by atoms with Crippen LogP contribution in [0.4, 0.5) is 0 Å². The van der Waals surface area contributed by atoms with E-state index in [0.717, 1.165) is 11.4 Å². The molecule has 1 heterocycles. The van der Waals surface area contributed by atoms with Gasteiger partial charge in [0.25, 0.3) is 0 Å². The Morgan fingerprint density at radius 2 is 2.47 bits per heavy atom. The molecular weight excluding hydrogens is 210 g/mol. The lowest BCUT2D eigenvalue weighted by Gasteiger charge is -2.24. The van der Waals surface area contributed by atoms with Crippen LogP contribution < -0.4 is 5.32 Å². The van der Waals surface area contributed by atoms with Crippen LogP contribution in [0.1, 0.15) is 25.6 Å². The first-order chi connectivity index (χ1) is 7.05. The molecule has 0 aliphatic heterocycles. The van der Waals surface area contributed by atoms with Crippen molar-refractivity contribution >= 4 is 11.8 Å². The number of aromatic nitrogens is 2. The second-order valence-corrected chi connectivity index (χ2v) is 4.91. The number of aliphatic hydroxyl groups is 1. The highest BCUT2D eigenvalue weighted by atomic mass is 32.2. The number of rotatable bonds is 6. The maximum atomic E-state index is 9.95. The van der Waals surface area contributed by atoms with Gasteiger partial charge in [0.2, 0.25) is 0 Å². The van der Waals surface area contributed by atoms with Crippen LogP contribution in [0.5, 0.6) is 0 Å². The Kier molecular flexibility index (Phi) is 4.63. The Hall–Kier alpha value is -0.520. The van der Waals surface area contributed by atoms with Crippen molar-refractivity contribution in [2.24, 2.45) is 0 Å². The van der Waals surface area contributed by atoms with Crippen LogP contribution >= 0.6 is 11.8 Å². The molecule has 0 spiro atoms. The molecule has 0 aliphatic rings. The summed E-state index contributed by atoms with van der Waals surface area (Å²) in [7, 11) is 0. The lowest BCUT2D eigenvalue weighted by molar-refractivity contribution is 0.0819. The van der Waals surface area contributed by atoms with Gasteiger partial charge in [-0.05, 0) is 26.2 Å². The first kappa shape index (κ1) is 12.5. The van der Waals surface area contributed by atoms with Crippen molar-refractivity contribution in [3.63, 3.8) is 0 Å². The second kappa shape index (κ2) is 5.53. The summed E-state index contributed by atoms with van der Waals surface area (Å²) in [6.45, 7) is 4.47. The van der Waals surface area contributed by atoms with Crippen molar-refractivity contribution in [3.8, 4) is 0 Å². The topological polar surface area (TPSA) is 60.9 Å². The van der Waals surface area contributed by atoms with Gasteiger partial charge in [0.05, 0.1) is 11.3 Å². The summed E-state index contributed by atoms with van der Waals surface area (Å²) in [5.41, 5.74) is 0.378. The van der Waals surface area contributed by atoms with Gasteiger partial charge in [0.1, 0.15) is 0 Å². The highest BCUT2D eigenvalue weighted by Gasteiger charge is 2.20. The zero-order chi connectivity index (χ0) is 11.3. The minimum absolute atomic E-state index is 0.181. The maximum Gasteiger partial charge on any atom is 0.0833 e. The van der Waals surface area contributed by atoms with E-state index >= 15 is 0 Å². The first-order valence-electron chi connectivity index (χ1n) is 4.99. The summed E-state index contributed by atoms with van der Waals surface area (Å²) in [6.07, 6.45) is 3.72. The molecule has 5 heteroatoms.